The summed E-state index contributed by atoms with van der Waals surface area (Å²) in [5.41, 5.74) is -1.63. The van der Waals surface area contributed by atoms with Gasteiger partial charge in [0.1, 0.15) is 11.6 Å². The van der Waals surface area contributed by atoms with Gasteiger partial charge in [0.25, 0.3) is 0 Å². The van der Waals surface area contributed by atoms with E-state index in [4.69, 9.17) is 4.74 Å². The maximum Gasteiger partial charge on any atom is 0.246 e. The Morgan fingerprint density at radius 2 is 1.88 bits per heavy atom. The highest BCUT2D eigenvalue weighted by molar-refractivity contribution is 5.99. The minimum Gasteiger partial charge on any atom is -0.396 e. The van der Waals surface area contributed by atoms with Gasteiger partial charge in [-0.3, -0.25) is 14.4 Å². The molecule has 3 heterocycles. The first kappa shape index (κ1) is 24.5. The van der Waals surface area contributed by atoms with Gasteiger partial charge in [-0.2, -0.15) is 0 Å². The molecule has 186 valence electrons. The Morgan fingerprint density at radius 1 is 1.12 bits per heavy atom. The lowest BCUT2D eigenvalue weighted by atomic mass is 9.65. The van der Waals surface area contributed by atoms with Gasteiger partial charge >= 0.3 is 0 Å². The second-order valence-electron chi connectivity index (χ2n) is 10.4. The standard InChI is InChI=1S/C25H41N3O5/c1-3-14-26-21(30)18-19-23(32)28(15-8-9-16-29)20(22(31)27-17-10-6-5-7-11-17)25(19)13-12-24(18,4-2)33-25/h17-20,29H,3-16H2,1-2H3,(H,26,30)(H,27,31)/t18-,19+,20?,24+,25?/m1/s1. The molecule has 4 fully saturated rings. The topological polar surface area (TPSA) is 108 Å². The van der Waals surface area contributed by atoms with Gasteiger partial charge in [0.05, 0.1) is 17.4 Å². The average Bonchev–Trinajstić information content (AvgIpc) is 3.42. The molecule has 3 saturated heterocycles. The zero-order chi connectivity index (χ0) is 23.6. The first-order valence-corrected chi connectivity index (χ1v) is 13.1. The van der Waals surface area contributed by atoms with E-state index >= 15 is 0 Å². The van der Waals surface area contributed by atoms with Crippen molar-refractivity contribution in [2.24, 2.45) is 11.8 Å². The van der Waals surface area contributed by atoms with Crippen molar-refractivity contribution in [2.75, 3.05) is 19.7 Å². The van der Waals surface area contributed by atoms with Crippen molar-refractivity contribution < 1.29 is 24.2 Å². The largest absolute Gasteiger partial charge is 0.396 e. The fraction of sp³-hybridized carbons (Fsp3) is 0.880. The van der Waals surface area contributed by atoms with Gasteiger partial charge in [0, 0.05) is 25.7 Å². The number of aliphatic hydroxyl groups excluding tert-OH is 1. The summed E-state index contributed by atoms with van der Waals surface area (Å²) < 4.78 is 6.73. The normalized spacial score (nSPS) is 35.7. The molecule has 1 saturated carbocycles. The molecule has 33 heavy (non-hydrogen) atoms. The molecule has 0 aromatic heterocycles. The zero-order valence-electron chi connectivity index (χ0n) is 20.2. The van der Waals surface area contributed by atoms with Crippen molar-refractivity contribution in [1.82, 2.24) is 15.5 Å². The van der Waals surface area contributed by atoms with Crippen LogP contribution in [0.4, 0.5) is 0 Å². The van der Waals surface area contributed by atoms with Gasteiger partial charge in [0.2, 0.25) is 17.7 Å². The van der Waals surface area contributed by atoms with Gasteiger partial charge in [-0.15, -0.1) is 0 Å². The van der Waals surface area contributed by atoms with E-state index in [9.17, 15) is 19.5 Å². The fourth-order valence-electron chi connectivity index (χ4n) is 6.94. The molecule has 3 N–H and O–H groups in total. The van der Waals surface area contributed by atoms with Gasteiger partial charge in [-0.05, 0) is 51.4 Å². The van der Waals surface area contributed by atoms with Crippen LogP contribution in [0.3, 0.4) is 0 Å². The summed E-state index contributed by atoms with van der Waals surface area (Å²) in [6.45, 7) is 5.03. The molecule has 4 rings (SSSR count). The van der Waals surface area contributed by atoms with E-state index in [1.54, 1.807) is 4.90 Å². The first-order valence-electron chi connectivity index (χ1n) is 13.1. The molecule has 5 atom stereocenters. The molecule has 0 radical (unpaired) electrons. The number of unbranched alkanes of at least 4 members (excludes halogenated alkanes) is 1. The molecule has 0 aromatic carbocycles. The number of hydrogen-bond donors (Lipinski definition) is 3. The first-order chi connectivity index (χ1) is 15.9. The highest BCUT2D eigenvalue weighted by Gasteiger charge is 2.78. The Hall–Kier alpha value is -1.67. The molecule has 0 aromatic rings. The third-order valence-electron chi connectivity index (χ3n) is 8.52. The van der Waals surface area contributed by atoms with E-state index in [1.807, 2.05) is 13.8 Å². The summed E-state index contributed by atoms with van der Waals surface area (Å²) in [5.74, 6) is -1.59. The Balaban J connectivity index is 1.66. The number of hydrogen-bond acceptors (Lipinski definition) is 5. The van der Waals surface area contributed by atoms with Crippen molar-refractivity contribution in [3.63, 3.8) is 0 Å². The number of amides is 3. The second kappa shape index (κ2) is 9.90. The number of carbonyl (C=O) groups is 3. The maximum atomic E-state index is 13.8. The van der Waals surface area contributed by atoms with E-state index in [0.29, 0.717) is 45.2 Å². The quantitative estimate of drug-likeness (QED) is 0.429. The van der Waals surface area contributed by atoms with Gasteiger partial charge in [-0.25, -0.2) is 0 Å². The van der Waals surface area contributed by atoms with Crippen LogP contribution >= 0.6 is 0 Å². The number of aliphatic hydroxyl groups is 1. The number of carbonyl (C=O) groups excluding carboxylic acids is 3. The van der Waals surface area contributed by atoms with Crippen molar-refractivity contribution in [2.45, 2.75) is 108 Å². The summed E-state index contributed by atoms with van der Waals surface area (Å²) in [4.78, 5) is 42.6. The van der Waals surface area contributed by atoms with Gasteiger partial charge in [0.15, 0.2) is 0 Å². The lowest BCUT2D eigenvalue weighted by molar-refractivity contribution is -0.148. The Morgan fingerprint density at radius 3 is 2.55 bits per heavy atom. The SMILES string of the molecule is CCCNC(=O)[C@H]1[C@H]2C(=O)N(CCCCO)C(C(=O)NC3CCCCC3)C23CC[C@]1(CC)O3. The summed E-state index contributed by atoms with van der Waals surface area (Å²) in [6, 6.07) is -0.577. The van der Waals surface area contributed by atoms with Crippen LogP contribution in [0.5, 0.6) is 0 Å². The van der Waals surface area contributed by atoms with E-state index in [0.717, 1.165) is 32.1 Å². The van der Waals surface area contributed by atoms with E-state index < -0.39 is 29.1 Å². The van der Waals surface area contributed by atoms with Crippen LogP contribution in [0.25, 0.3) is 0 Å². The van der Waals surface area contributed by atoms with Crippen LogP contribution in [0.2, 0.25) is 0 Å². The predicted octanol–water partition coefficient (Wildman–Crippen LogP) is 1.89. The molecular weight excluding hydrogens is 422 g/mol. The molecule has 3 amide bonds. The van der Waals surface area contributed by atoms with Crippen molar-refractivity contribution in [3.8, 4) is 0 Å². The molecular formula is C25H41N3O5. The van der Waals surface area contributed by atoms with E-state index in [1.165, 1.54) is 6.42 Å². The van der Waals surface area contributed by atoms with Crippen LogP contribution in [0.15, 0.2) is 0 Å². The Bertz CT molecular complexity index is 754. The number of fused-ring (bicyclic) bond motifs is 1. The Kier molecular flexibility index (Phi) is 7.34. The van der Waals surface area contributed by atoms with Crippen molar-refractivity contribution >= 4 is 17.7 Å². The van der Waals surface area contributed by atoms with Crippen molar-refractivity contribution in [1.29, 1.82) is 0 Å². The fourth-order valence-corrected chi connectivity index (χ4v) is 6.94. The minimum absolute atomic E-state index is 0.0486. The van der Waals surface area contributed by atoms with Gasteiger partial charge in [-0.1, -0.05) is 33.1 Å². The molecule has 1 spiro atoms. The highest BCUT2D eigenvalue weighted by atomic mass is 16.5. The number of rotatable bonds is 10. The smallest absolute Gasteiger partial charge is 0.246 e. The second-order valence-corrected chi connectivity index (χ2v) is 10.4. The number of nitrogens with zero attached hydrogens (tertiary/aromatic N) is 1. The molecule has 8 heteroatoms. The zero-order valence-corrected chi connectivity index (χ0v) is 20.2. The molecule has 2 unspecified atom stereocenters. The summed E-state index contributed by atoms with van der Waals surface area (Å²) >= 11 is 0. The third-order valence-corrected chi connectivity index (χ3v) is 8.52. The third kappa shape index (κ3) is 4.07. The lowest BCUT2D eigenvalue weighted by Gasteiger charge is -2.35. The van der Waals surface area contributed by atoms with E-state index in [-0.39, 0.29) is 30.4 Å². The number of likely N-dealkylation sites (tertiary alicyclic amines) is 1. The average molecular weight is 464 g/mol. The molecule has 2 bridgehead atoms. The lowest BCUT2D eigenvalue weighted by Crippen LogP contribution is -2.57. The maximum absolute atomic E-state index is 13.8. The van der Waals surface area contributed by atoms with E-state index in [2.05, 4.69) is 10.6 Å². The van der Waals surface area contributed by atoms with Crippen molar-refractivity contribution in [3.05, 3.63) is 0 Å². The van der Waals surface area contributed by atoms with Gasteiger partial charge < -0.3 is 25.4 Å². The minimum atomic E-state index is -0.945. The molecule has 3 aliphatic heterocycles. The van der Waals surface area contributed by atoms with Crippen LogP contribution in [-0.4, -0.2) is 70.7 Å². The monoisotopic (exact) mass is 463 g/mol. The van der Waals surface area contributed by atoms with Crippen LogP contribution < -0.4 is 10.6 Å². The molecule has 1 aliphatic carbocycles. The van der Waals surface area contributed by atoms with Crippen LogP contribution in [0, 0.1) is 11.8 Å². The predicted molar refractivity (Wildman–Crippen MR) is 123 cm³/mol. The molecule has 8 nitrogen and oxygen atoms in total. The van der Waals surface area contributed by atoms with Crippen LogP contribution in [0.1, 0.15) is 84.5 Å². The Labute approximate surface area is 197 Å². The number of nitrogens with one attached hydrogen (secondary N) is 2. The summed E-state index contributed by atoms with van der Waals surface area (Å²) in [7, 11) is 0. The number of ether oxygens (including phenoxy) is 1. The van der Waals surface area contributed by atoms with Crippen LogP contribution in [-0.2, 0) is 19.1 Å². The summed E-state index contributed by atoms with van der Waals surface area (Å²) in [6.07, 6.45) is 9.31. The summed E-state index contributed by atoms with van der Waals surface area (Å²) in [5, 5.41) is 15.5. The molecule has 4 aliphatic rings. The highest BCUT2D eigenvalue weighted by Crippen LogP contribution is 2.64.